The fourth-order valence-electron chi connectivity index (χ4n) is 4.96. The number of aromatic nitrogens is 2. The van der Waals surface area contributed by atoms with Crippen LogP contribution in [0, 0.1) is 11.3 Å². The Hall–Kier alpha value is -3.30. The first kappa shape index (κ1) is 26.3. The van der Waals surface area contributed by atoms with Gasteiger partial charge in [0.25, 0.3) is 5.56 Å². The molecule has 0 saturated carbocycles. The van der Waals surface area contributed by atoms with E-state index in [4.69, 9.17) is 4.74 Å². The molecule has 0 spiro atoms. The largest absolute Gasteiger partial charge is 0.462 e. The van der Waals surface area contributed by atoms with Gasteiger partial charge in [0.15, 0.2) is 0 Å². The molecule has 1 aromatic carbocycles. The number of aryl methyl sites for hydroxylation is 1. The third kappa shape index (κ3) is 5.17. The van der Waals surface area contributed by atoms with E-state index in [1.54, 1.807) is 24.3 Å². The highest BCUT2D eigenvalue weighted by molar-refractivity contribution is 7.20. The first-order chi connectivity index (χ1) is 18.2. The molecule has 1 atom stereocenters. The highest BCUT2D eigenvalue weighted by Crippen LogP contribution is 2.42. The number of ether oxygens (including phenoxy) is 1. The SMILES string of the molecule is CCOC(=O)c1cc(-c2ccccc2)sc1NC(=O)Cn1cnc2sc3c(c2c1=O)CCC(C(C)(C)C)C3. The summed E-state index contributed by atoms with van der Waals surface area (Å²) in [6.45, 7) is 8.57. The van der Waals surface area contributed by atoms with Crippen LogP contribution in [-0.4, -0.2) is 28.0 Å². The number of esters is 1. The number of amides is 1. The second kappa shape index (κ2) is 10.5. The van der Waals surface area contributed by atoms with E-state index in [1.165, 1.54) is 27.1 Å². The lowest BCUT2D eigenvalue weighted by molar-refractivity contribution is -0.116. The van der Waals surface area contributed by atoms with Crippen LogP contribution < -0.4 is 10.9 Å². The van der Waals surface area contributed by atoms with E-state index in [1.807, 2.05) is 30.3 Å². The predicted octanol–water partition coefficient (Wildman–Crippen LogP) is 6.15. The van der Waals surface area contributed by atoms with Crippen molar-refractivity contribution in [3.63, 3.8) is 0 Å². The fourth-order valence-corrected chi connectivity index (χ4v) is 7.29. The number of carbonyl (C=O) groups excluding carboxylic acids is 2. The summed E-state index contributed by atoms with van der Waals surface area (Å²) in [7, 11) is 0. The highest BCUT2D eigenvalue weighted by Gasteiger charge is 2.32. The minimum atomic E-state index is -0.500. The van der Waals surface area contributed by atoms with Gasteiger partial charge < -0.3 is 10.1 Å². The van der Waals surface area contributed by atoms with Crippen LogP contribution in [0.15, 0.2) is 47.5 Å². The van der Waals surface area contributed by atoms with E-state index in [9.17, 15) is 14.4 Å². The van der Waals surface area contributed by atoms with Gasteiger partial charge in [0.2, 0.25) is 5.91 Å². The van der Waals surface area contributed by atoms with E-state index < -0.39 is 11.9 Å². The standard InChI is InChI=1S/C29H31N3O4S2/c1-5-36-28(35)20-14-21(17-9-7-6-8-10-17)37-25(20)31-23(33)15-32-16-30-26-24(27(32)34)19-12-11-18(29(2,3)4)13-22(19)38-26/h6-10,14,16,18H,5,11-13,15H2,1-4H3,(H,31,33). The second-order valence-corrected chi connectivity index (χ2v) is 12.8. The zero-order valence-electron chi connectivity index (χ0n) is 22.0. The number of rotatable bonds is 6. The Morgan fingerprint density at radius 2 is 1.95 bits per heavy atom. The molecule has 4 aromatic rings. The molecule has 1 aliphatic rings. The van der Waals surface area contributed by atoms with Crippen molar-refractivity contribution in [3.05, 3.63) is 69.1 Å². The number of benzene rings is 1. The van der Waals surface area contributed by atoms with Gasteiger partial charge in [-0.15, -0.1) is 22.7 Å². The van der Waals surface area contributed by atoms with Gasteiger partial charge >= 0.3 is 5.97 Å². The maximum atomic E-state index is 13.5. The Labute approximate surface area is 229 Å². The molecule has 38 heavy (non-hydrogen) atoms. The zero-order valence-corrected chi connectivity index (χ0v) is 23.6. The third-order valence-corrected chi connectivity index (χ3v) is 9.38. The van der Waals surface area contributed by atoms with Crippen LogP contribution in [0.4, 0.5) is 5.00 Å². The lowest BCUT2D eigenvalue weighted by atomic mass is 9.72. The van der Waals surface area contributed by atoms with Crippen molar-refractivity contribution in [2.24, 2.45) is 11.3 Å². The van der Waals surface area contributed by atoms with Gasteiger partial charge in [-0.05, 0) is 54.7 Å². The van der Waals surface area contributed by atoms with Crippen LogP contribution in [0.25, 0.3) is 20.7 Å². The fraction of sp³-hybridized carbons (Fsp3) is 0.379. The van der Waals surface area contributed by atoms with Gasteiger partial charge in [-0.25, -0.2) is 9.78 Å². The number of nitrogens with zero attached hydrogens (tertiary/aromatic N) is 2. The number of hydrogen-bond donors (Lipinski definition) is 1. The van der Waals surface area contributed by atoms with Crippen LogP contribution in [-0.2, 0) is 28.9 Å². The van der Waals surface area contributed by atoms with Crippen molar-refractivity contribution in [2.45, 2.75) is 53.5 Å². The molecular formula is C29H31N3O4S2. The number of anilines is 1. The molecule has 0 fully saturated rings. The van der Waals surface area contributed by atoms with Crippen LogP contribution in [0.1, 0.15) is 54.9 Å². The molecule has 3 aromatic heterocycles. The first-order valence-electron chi connectivity index (χ1n) is 12.8. The van der Waals surface area contributed by atoms with Crippen molar-refractivity contribution >= 4 is 49.8 Å². The van der Waals surface area contributed by atoms with E-state index >= 15 is 0 Å². The molecule has 3 heterocycles. The summed E-state index contributed by atoms with van der Waals surface area (Å²) >= 11 is 2.90. The van der Waals surface area contributed by atoms with E-state index in [2.05, 4.69) is 31.1 Å². The molecule has 0 radical (unpaired) electrons. The summed E-state index contributed by atoms with van der Waals surface area (Å²) in [6, 6.07) is 11.4. The maximum absolute atomic E-state index is 13.5. The number of nitrogens with one attached hydrogen (secondary N) is 1. The summed E-state index contributed by atoms with van der Waals surface area (Å²) in [5, 5.41) is 3.88. The Bertz CT molecular complexity index is 1560. The smallest absolute Gasteiger partial charge is 0.341 e. The molecule has 0 bridgehead atoms. The van der Waals surface area contributed by atoms with Gasteiger partial charge in [-0.3, -0.25) is 14.2 Å². The second-order valence-electron chi connectivity index (χ2n) is 10.7. The highest BCUT2D eigenvalue weighted by atomic mass is 32.1. The summed E-state index contributed by atoms with van der Waals surface area (Å²) in [6.07, 6.45) is 4.29. The predicted molar refractivity (Wildman–Crippen MR) is 153 cm³/mol. The average Bonchev–Trinajstić information content (AvgIpc) is 3.47. The molecular weight excluding hydrogens is 518 g/mol. The van der Waals surface area contributed by atoms with Gasteiger partial charge in [0, 0.05) is 9.75 Å². The Kier molecular flexibility index (Phi) is 7.24. The zero-order chi connectivity index (χ0) is 27.0. The summed E-state index contributed by atoms with van der Waals surface area (Å²) < 4.78 is 6.57. The lowest BCUT2D eigenvalue weighted by Gasteiger charge is -2.33. The monoisotopic (exact) mass is 549 g/mol. The minimum Gasteiger partial charge on any atom is -0.462 e. The van der Waals surface area contributed by atoms with E-state index in [-0.39, 0.29) is 24.1 Å². The molecule has 0 saturated heterocycles. The van der Waals surface area contributed by atoms with Crippen molar-refractivity contribution in [3.8, 4) is 10.4 Å². The molecule has 7 nitrogen and oxygen atoms in total. The summed E-state index contributed by atoms with van der Waals surface area (Å²) in [4.78, 5) is 46.5. The van der Waals surface area contributed by atoms with Gasteiger partial charge in [-0.1, -0.05) is 51.1 Å². The van der Waals surface area contributed by atoms with Crippen molar-refractivity contribution < 1.29 is 14.3 Å². The summed E-state index contributed by atoms with van der Waals surface area (Å²) in [5.74, 6) is -0.340. The van der Waals surface area contributed by atoms with Crippen molar-refractivity contribution in [1.29, 1.82) is 0 Å². The average molecular weight is 550 g/mol. The van der Waals surface area contributed by atoms with Crippen LogP contribution in [0.2, 0.25) is 0 Å². The Balaban J connectivity index is 1.40. The molecule has 1 N–H and O–H groups in total. The number of thiophene rings is 2. The first-order valence-corrected chi connectivity index (χ1v) is 14.4. The molecule has 1 aliphatic carbocycles. The maximum Gasteiger partial charge on any atom is 0.341 e. The third-order valence-electron chi connectivity index (χ3n) is 7.11. The number of fused-ring (bicyclic) bond motifs is 3. The Morgan fingerprint density at radius 1 is 1.18 bits per heavy atom. The molecule has 198 valence electrons. The van der Waals surface area contributed by atoms with Gasteiger partial charge in [0.05, 0.1) is 23.9 Å². The van der Waals surface area contributed by atoms with Crippen molar-refractivity contribution in [1.82, 2.24) is 9.55 Å². The molecule has 1 amide bonds. The number of carbonyl (C=O) groups is 2. The van der Waals surface area contributed by atoms with Crippen molar-refractivity contribution in [2.75, 3.05) is 11.9 Å². The summed E-state index contributed by atoms with van der Waals surface area (Å²) in [5.41, 5.74) is 2.34. The quantitative estimate of drug-likeness (QED) is 0.291. The lowest BCUT2D eigenvalue weighted by Crippen LogP contribution is -2.29. The normalized spacial score (nSPS) is 15.3. The number of hydrogen-bond acceptors (Lipinski definition) is 7. The topological polar surface area (TPSA) is 90.3 Å². The molecule has 1 unspecified atom stereocenters. The van der Waals surface area contributed by atoms with Crippen LogP contribution in [0.3, 0.4) is 0 Å². The van der Waals surface area contributed by atoms with E-state index in [0.717, 1.165) is 40.1 Å². The molecule has 9 heteroatoms. The van der Waals surface area contributed by atoms with Crippen LogP contribution >= 0.6 is 22.7 Å². The molecule has 0 aliphatic heterocycles. The van der Waals surface area contributed by atoms with Gasteiger partial charge in [-0.2, -0.15) is 0 Å². The van der Waals surface area contributed by atoms with Crippen LogP contribution in [0.5, 0.6) is 0 Å². The van der Waals surface area contributed by atoms with Gasteiger partial charge in [0.1, 0.15) is 16.4 Å². The Morgan fingerprint density at radius 3 is 2.66 bits per heavy atom. The molecule has 5 rings (SSSR count). The van der Waals surface area contributed by atoms with E-state index in [0.29, 0.717) is 21.9 Å². The minimum absolute atomic E-state index is 0.196.